The molecule has 0 atom stereocenters. The molecule has 1 heteroatoms. The zero-order valence-corrected chi connectivity index (χ0v) is 11.0. The predicted octanol–water partition coefficient (Wildman–Crippen LogP) is 4.06. The number of hydrogen-bond donors (Lipinski definition) is 0. The summed E-state index contributed by atoms with van der Waals surface area (Å²) in [5, 5.41) is 0. The van der Waals surface area contributed by atoms with E-state index in [4.69, 9.17) is 0 Å². The predicted molar refractivity (Wildman–Crippen MR) is 64.7 cm³/mol. The molecule has 1 aliphatic rings. The summed E-state index contributed by atoms with van der Waals surface area (Å²) in [4.78, 5) is 12.1. The van der Waals surface area contributed by atoms with Crippen LogP contribution in [0.4, 0.5) is 0 Å². The molecule has 1 rings (SSSR count). The summed E-state index contributed by atoms with van der Waals surface area (Å²) in [7, 11) is 0. The Morgan fingerprint density at radius 2 is 1.53 bits per heavy atom. The van der Waals surface area contributed by atoms with Gasteiger partial charge < -0.3 is 0 Å². The van der Waals surface area contributed by atoms with E-state index >= 15 is 0 Å². The molecule has 1 aliphatic carbocycles. The molecule has 0 aromatic heterocycles. The first-order valence-electron chi connectivity index (χ1n) is 6.36. The molecule has 0 heterocycles. The summed E-state index contributed by atoms with van der Waals surface area (Å²) in [5.74, 6) is 2.47. The van der Waals surface area contributed by atoms with Crippen molar-refractivity contribution in [3.63, 3.8) is 0 Å². The number of rotatable bonds is 2. The van der Waals surface area contributed by atoms with Crippen LogP contribution < -0.4 is 0 Å². The highest BCUT2D eigenvalue weighted by Crippen LogP contribution is 2.36. The van der Waals surface area contributed by atoms with Crippen LogP contribution in [0.15, 0.2) is 0 Å². The molecule has 0 aromatic carbocycles. The first kappa shape index (κ1) is 12.7. The van der Waals surface area contributed by atoms with Gasteiger partial charge in [0.05, 0.1) is 0 Å². The Bertz CT molecular complexity index is 214. The zero-order chi connectivity index (χ0) is 11.6. The highest BCUT2D eigenvalue weighted by molar-refractivity contribution is 5.85. The van der Waals surface area contributed by atoms with Crippen molar-refractivity contribution in [1.82, 2.24) is 0 Å². The maximum absolute atomic E-state index is 12.1. The standard InChI is InChI=1S/C14H26O/c1-10(2)11-6-8-12(9-7-11)13(15)14(3,4)5/h10-12H,6-9H2,1-5H3. The van der Waals surface area contributed by atoms with E-state index in [2.05, 4.69) is 13.8 Å². The van der Waals surface area contributed by atoms with Crippen molar-refractivity contribution in [3.8, 4) is 0 Å². The maximum atomic E-state index is 12.1. The van der Waals surface area contributed by atoms with Crippen molar-refractivity contribution < 1.29 is 4.79 Å². The third kappa shape index (κ3) is 3.32. The van der Waals surface area contributed by atoms with Gasteiger partial charge in [-0.05, 0) is 37.5 Å². The summed E-state index contributed by atoms with van der Waals surface area (Å²) in [5.41, 5.74) is -0.144. The first-order chi connectivity index (χ1) is 6.82. The quantitative estimate of drug-likeness (QED) is 0.671. The molecular formula is C14H26O. The molecule has 88 valence electrons. The van der Waals surface area contributed by atoms with Crippen LogP contribution in [0, 0.1) is 23.2 Å². The Morgan fingerprint density at radius 1 is 1.07 bits per heavy atom. The van der Waals surface area contributed by atoms with Crippen LogP contribution in [-0.4, -0.2) is 5.78 Å². The van der Waals surface area contributed by atoms with Gasteiger partial charge in [0.25, 0.3) is 0 Å². The lowest BCUT2D eigenvalue weighted by Gasteiger charge is -2.33. The van der Waals surface area contributed by atoms with Gasteiger partial charge in [-0.1, -0.05) is 34.6 Å². The number of ketones is 1. The summed E-state index contributed by atoms with van der Waals surface area (Å²) < 4.78 is 0. The van der Waals surface area contributed by atoms with Crippen molar-refractivity contribution in [3.05, 3.63) is 0 Å². The number of Topliss-reactive ketones (excluding diaryl/α,β-unsaturated/α-hetero) is 1. The van der Waals surface area contributed by atoms with E-state index in [-0.39, 0.29) is 5.41 Å². The van der Waals surface area contributed by atoms with E-state index in [0.29, 0.717) is 11.7 Å². The van der Waals surface area contributed by atoms with Gasteiger partial charge in [0.2, 0.25) is 0 Å². The van der Waals surface area contributed by atoms with Crippen molar-refractivity contribution in [2.24, 2.45) is 23.2 Å². The van der Waals surface area contributed by atoms with E-state index < -0.39 is 0 Å². The van der Waals surface area contributed by atoms with Gasteiger partial charge in [-0.25, -0.2) is 0 Å². The van der Waals surface area contributed by atoms with E-state index in [1.54, 1.807) is 0 Å². The molecule has 1 fully saturated rings. The van der Waals surface area contributed by atoms with Gasteiger partial charge in [0.1, 0.15) is 5.78 Å². The lowest BCUT2D eigenvalue weighted by Crippen LogP contribution is -2.32. The highest BCUT2D eigenvalue weighted by atomic mass is 16.1. The number of carbonyl (C=O) groups excluding carboxylic acids is 1. The Kier molecular flexibility index (Phi) is 3.97. The van der Waals surface area contributed by atoms with Crippen LogP contribution >= 0.6 is 0 Å². The molecule has 0 saturated heterocycles. The second kappa shape index (κ2) is 4.67. The van der Waals surface area contributed by atoms with E-state index in [1.807, 2.05) is 20.8 Å². The summed E-state index contributed by atoms with van der Waals surface area (Å²) in [6.07, 6.45) is 4.76. The zero-order valence-electron chi connectivity index (χ0n) is 11.0. The highest BCUT2D eigenvalue weighted by Gasteiger charge is 2.33. The van der Waals surface area contributed by atoms with Crippen molar-refractivity contribution in [2.75, 3.05) is 0 Å². The van der Waals surface area contributed by atoms with Gasteiger partial charge in [0.15, 0.2) is 0 Å². The third-order valence-electron chi connectivity index (χ3n) is 3.82. The average molecular weight is 210 g/mol. The van der Waals surface area contributed by atoms with Gasteiger partial charge in [-0.3, -0.25) is 4.79 Å². The molecular weight excluding hydrogens is 184 g/mol. The van der Waals surface area contributed by atoms with Crippen LogP contribution in [0.25, 0.3) is 0 Å². The molecule has 1 saturated carbocycles. The minimum Gasteiger partial charge on any atom is -0.299 e. The van der Waals surface area contributed by atoms with Crippen LogP contribution in [-0.2, 0) is 4.79 Å². The Labute approximate surface area is 94.6 Å². The van der Waals surface area contributed by atoms with Crippen molar-refractivity contribution in [1.29, 1.82) is 0 Å². The lowest BCUT2D eigenvalue weighted by molar-refractivity contribution is -0.131. The molecule has 1 nitrogen and oxygen atoms in total. The van der Waals surface area contributed by atoms with Crippen molar-refractivity contribution >= 4 is 5.78 Å². The van der Waals surface area contributed by atoms with Gasteiger partial charge in [-0.15, -0.1) is 0 Å². The molecule has 0 unspecified atom stereocenters. The van der Waals surface area contributed by atoms with Crippen LogP contribution in [0.3, 0.4) is 0 Å². The molecule has 0 radical (unpaired) electrons. The smallest absolute Gasteiger partial charge is 0.141 e. The topological polar surface area (TPSA) is 17.1 Å². The van der Waals surface area contributed by atoms with Gasteiger partial charge in [-0.2, -0.15) is 0 Å². The number of carbonyl (C=O) groups is 1. The Morgan fingerprint density at radius 3 is 1.87 bits per heavy atom. The lowest BCUT2D eigenvalue weighted by atomic mass is 9.71. The fraction of sp³-hybridized carbons (Fsp3) is 0.929. The monoisotopic (exact) mass is 210 g/mol. The van der Waals surface area contributed by atoms with E-state index in [0.717, 1.165) is 24.7 Å². The van der Waals surface area contributed by atoms with Gasteiger partial charge >= 0.3 is 0 Å². The minimum atomic E-state index is -0.144. The normalized spacial score (nSPS) is 28.1. The minimum absolute atomic E-state index is 0.144. The number of hydrogen-bond acceptors (Lipinski definition) is 1. The fourth-order valence-corrected chi connectivity index (χ4v) is 2.66. The molecule has 0 amide bonds. The fourth-order valence-electron chi connectivity index (χ4n) is 2.66. The van der Waals surface area contributed by atoms with Gasteiger partial charge in [0, 0.05) is 11.3 Å². The molecule has 15 heavy (non-hydrogen) atoms. The maximum Gasteiger partial charge on any atom is 0.141 e. The molecule has 0 aliphatic heterocycles. The van der Waals surface area contributed by atoms with Crippen LogP contribution in [0.2, 0.25) is 0 Å². The third-order valence-corrected chi connectivity index (χ3v) is 3.82. The largest absolute Gasteiger partial charge is 0.299 e. The SMILES string of the molecule is CC(C)C1CCC(C(=O)C(C)(C)C)CC1. The van der Waals surface area contributed by atoms with Crippen LogP contribution in [0.5, 0.6) is 0 Å². The molecule has 0 spiro atoms. The summed E-state index contributed by atoms with van der Waals surface area (Å²) >= 11 is 0. The van der Waals surface area contributed by atoms with E-state index in [9.17, 15) is 4.79 Å². The molecule has 0 bridgehead atoms. The molecule has 0 aromatic rings. The summed E-state index contributed by atoms with van der Waals surface area (Å²) in [6, 6.07) is 0. The molecule has 0 N–H and O–H groups in total. The van der Waals surface area contributed by atoms with Crippen LogP contribution in [0.1, 0.15) is 60.3 Å². The Balaban J connectivity index is 2.48. The Hall–Kier alpha value is -0.330. The van der Waals surface area contributed by atoms with E-state index in [1.165, 1.54) is 12.8 Å². The second-order valence-corrected chi connectivity index (χ2v) is 6.47. The first-order valence-corrected chi connectivity index (χ1v) is 6.36. The van der Waals surface area contributed by atoms with Crippen molar-refractivity contribution in [2.45, 2.75) is 60.3 Å². The second-order valence-electron chi connectivity index (χ2n) is 6.47. The summed E-state index contributed by atoms with van der Waals surface area (Å²) in [6.45, 7) is 10.7. The average Bonchev–Trinajstić information content (AvgIpc) is 2.15.